The Balaban J connectivity index is 1.95. The highest BCUT2D eigenvalue weighted by Crippen LogP contribution is 2.23. The van der Waals surface area contributed by atoms with Gasteiger partial charge in [-0.3, -0.25) is 0 Å². The minimum absolute atomic E-state index is 0.739. The zero-order valence-electron chi connectivity index (χ0n) is 13.8. The molecule has 3 nitrogen and oxygen atoms in total. The van der Waals surface area contributed by atoms with Crippen molar-refractivity contribution in [2.45, 2.75) is 19.8 Å². The van der Waals surface area contributed by atoms with Crippen LogP contribution in [0.15, 0.2) is 72.8 Å². The van der Waals surface area contributed by atoms with Crippen LogP contribution >= 0.6 is 0 Å². The molecular formula is C21H22O3. The number of ether oxygens (including phenoxy) is 1. The van der Waals surface area contributed by atoms with Gasteiger partial charge in [-0.2, -0.15) is 0 Å². The molecule has 0 bridgehead atoms. The Morgan fingerprint density at radius 2 is 1.62 bits per heavy atom. The molecule has 0 heterocycles. The maximum Gasteiger partial charge on any atom is 0.328 e. The summed E-state index contributed by atoms with van der Waals surface area (Å²) >= 11 is 0. The molecule has 0 saturated carbocycles. The number of carboxylic acids is 1. The van der Waals surface area contributed by atoms with Gasteiger partial charge >= 0.3 is 5.97 Å². The van der Waals surface area contributed by atoms with Crippen molar-refractivity contribution in [1.29, 1.82) is 0 Å². The van der Waals surface area contributed by atoms with E-state index in [1.807, 2.05) is 18.2 Å². The van der Waals surface area contributed by atoms with Gasteiger partial charge in [0.15, 0.2) is 0 Å². The van der Waals surface area contributed by atoms with Gasteiger partial charge in [0.05, 0.1) is 6.61 Å². The van der Waals surface area contributed by atoms with Crippen LogP contribution in [0.5, 0.6) is 5.75 Å². The van der Waals surface area contributed by atoms with E-state index in [2.05, 4.69) is 43.3 Å². The molecule has 0 aliphatic carbocycles. The Morgan fingerprint density at radius 3 is 2.21 bits per heavy atom. The summed E-state index contributed by atoms with van der Waals surface area (Å²) in [7, 11) is 0. The van der Waals surface area contributed by atoms with E-state index in [0.29, 0.717) is 0 Å². The molecule has 0 aliphatic rings. The first kappa shape index (κ1) is 17.5. The molecule has 3 heteroatoms. The zero-order valence-corrected chi connectivity index (χ0v) is 13.8. The fourth-order valence-corrected chi connectivity index (χ4v) is 2.22. The number of hydrogen-bond acceptors (Lipinski definition) is 2. The van der Waals surface area contributed by atoms with E-state index in [4.69, 9.17) is 9.84 Å². The first-order valence-corrected chi connectivity index (χ1v) is 8.07. The fraction of sp³-hybridized carbons (Fsp3) is 0.190. The van der Waals surface area contributed by atoms with Crippen LogP contribution in [0, 0.1) is 0 Å². The number of allylic oxidation sites excluding steroid dienone is 3. The molecule has 2 aromatic carbocycles. The minimum Gasteiger partial charge on any atom is -0.494 e. The lowest BCUT2D eigenvalue weighted by molar-refractivity contribution is -0.131. The molecule has 2 rings (SSSR count). The van der Waals surface area contributed by atoms with Crippen molar-refractivity contribution in [3.63, 3.8) is 0 Å². The Morgan fingerprint density at radius 1 is 1.00 bits per heavy atom. The van der Waals surface area contributed by atoms with Gasteiger partial charge in [-0.15, -0.1) is 0 Å². The van der Waals surface area contributed by atoms with E-state index < -0.39 is 5.97 Å². The molecule has 0 fully saturated rings. The Kier molecular flexibility index (Phi) is 6.84. The first-order chi connectivity index (χ1) is 11.7. The van der Waals surface area contributed by atoms with Crippen molar-refractivity contribution in [2.24, 2.45) is 0 Å². The van der Waals surface area contributed by atoms with Crippen LogP contribution in [0.3, 0.4) is 0 Å². The highest BCUT2D eigenvalue weighted by atomic mass is 16.5. The highest BCUT2D eigenvalue weighted by Gasteiger charge is 1.99. The topological polar surface area (TPSA) is 46.5 Å². The first-order valence-electron chi connectivity index (χ1n) is 8.07. The van der Waals surface area contributed by atoms with Crippen LogP contribution in [0.2, 0.25) is 0 Å². The van der Waals surface area contributed by atoms with Crippen LogP contribution in [-0.4, -0.2) is 17.7 Å². The molecule has 2 aromatic rings. The third-order valence-electron chi connectivity index (χ3n) is 3.45. The molecule has 0 saturated heterocycles. The van der Waals surface area contributed by atoms with Crippen molar-refractivity contribution >= 4 is 5.97 Å². The van der Waals surface area contributed by atoms with Gasteiger partial charge in [-0.1, -0.05) is 61.5 Å². The summed E-state index contributed by atoms with van der Waals surface area (Å²) < 4.78 is 5.59. The van der Waals surface area contributed by atoms with Gasteiger partial charge in [-0.05, 0) is 41.7 Å². The molecule has 0 atom stereocenters. The molecule has 0 amide bonds. The lowest BCUT2D eigenvalue weighted by Gasteiger charge is -2.07. The minimum atomic E-state index is -0.935. The van der Waals surface area contributed by atoms with E-state index in [-0.39, 0.29) is 0 Å². The number of aliphatic carboxylic acids is 1. The summed E-state index contributed by atoms with van der Waals surface area (Å²) in [5, 5.41) is 8.50. The van der Waals surface area contributed by atoms with Crippen molar-refractivity contribution in [1.82, 2.24) is 0 Å². The average Bonchev–Trinajstić information content (AvgIpc) is 2.60. The number of benzene rings is 2. The van der Waals surface area contributed by atoms with Gasteiger partial charge < -0.3 is 9.84 Å². The summed E-state index contributed by atoms with van der Waals surface area (Å²) in [6, 6.07) is 16.5. The van der Waals surface area contributed by atoms with Crippen LogP contribution in [0.1, 0.15) is 18.9 Å². The largest absolute Gasteiger partial charge is 0.494 e. The monoisotopic (exact) mass is 322 g/mol. The number of carbonyl (C=O) groups is 1. The molecule has 0 aliphatic heterocycles. The summed E-state index contributed by atoms with van der Waals surface area (Å²) in [5.41, 5.74) is 3.50. The van der Waals surface area contributed by atoms with Crippen molar-refractivity contribution in [2.75, 3.05) is 6.61 Å². The molecule has 0 unspecified atom stereocenters. The zero-order chi connectivity index (χ0) is 17.2. The van der Waals surface area contributed by atoms with Crippen LogP contribution in [-0.2, 0) is 11.2 Å². The maximum atomic E-state index is 10.3. The normalized spacial score (nSPS) is 11.2. The summed E-state index contributed by atoms with van der Waals surface area (Å²) in [4.78, 5) is 10.3. The molecular weight excluding hydrogens is 300 g/mol. The van der Waals surface area contributed by atoms with Gasteiger partial charge in [-0.25, -0.2) is 4.79 Å². The third kappa shape index (κ3) is 5.76. The summed E-state index contributed by atoms with van der Waals surface area (Å²) in [6.45, 7) is 2.83. The Labute approximate surface area is 142 Å². The summed E-state index contributed by atoms with van der Waals surface area (Å²) in [6.07, 6.45) is 8.11. The predicted octanol–water partition coefficient (Wildman–Crippen LogP) is 4.88. The van der Waals surface area contributed by atoms with Crippen LogP contribution < -0.4 is 4.74 Å². The highest BCUT2D eigenvalue weighted by molar-refractivity contribution is 5.80. The Bertz CT molecular complexity index is 695. The van der Waals surface area contributed by atoms with Crippen molar-refractivity contribution in [3.05, 3.63) is 78.4 Å². The van der Waals surface area contributed by atoms with Gasteiger partial charge in [0.2, 0.25) is 0 Å². The fourth-order valence-electron chi connectivity index (χ4n) is 2.22. The molecule has 0 radical (unpaired) electrons. The van der Waals surface area contributed by atoms with Gasteiger partial charge in [0.1, 0.15) is 5.75 Å². The number of rotatable bonds is 8. The predicted molar refractivity (Wildman–Crippen MR) is 97.3 cm³/mol. The lowest BCUT2D eigenvalue weighted by Crippen LogP contribution is -1.94. The quantitative estimate of drug-likeness (QED) is 0.556. The van der Waals surface area contributed by atoms with Gasteiger partial charge in [0, 0.05) is 6.08 Å². The summed E-state index contributed by atoms with van der Waals surface area (Å²) in [5.74, 6) is -0.0353. The smallest absolute Gasteiger partial charge is 0.328 e. The second-order valence-electron chi connectivity index (χ2n) is 5.40. The average molecular weight is 322 g/mol. The second kappa shape index (κ2) is 9.36. The van der Waals surface area contributed by atoms with E-state index in [9.17, 15) is 4.79 Å². The Hall–Kier alpha value is -2.81. The molecule has 1 N–H and O–H groups in total. The standard InChI is InChI=1S/C21H22O3/c1-2-16-24-20-14-12-19(13-15-20)18-10-8-17(9-11-18)6-4-3-5-7-21(22)23/h3-5,7-15H,2,6,16H2,1H3,(H,22,23). The molecule has 124 valence electrons. The second-order valence-corrected chi connectivity index (χ2v) is 5.40. The van der Waals surface area contributed by atoms with Crippen molar-refractivity contribution in [3.8, 4) is 16.9 Å². The number of hydrogen-bond donors (Lipinski definition) is 1. The van der Waals surface area contributed by atoms with Crippen LogP contribution in [0.4, 0.5) is 0 Å². The van der Waals surface area contributed by atoms with Gasteiger partial charge in [0.25, 0.3) is 0 Å². The van der Waals surface area contributed by atoms with Crippen LogP contribution in [0.25, 0.3) is 11.1 Å². The molecule has 24 heavy (non-hydrogen) atoms. The maximum absolute atomic E-state index is 10.3. The SMILES string of the molecule is CCCOc1ccc(-c2ccc(CC=CC=CC(=O)O)cc2)cc1. The lowest BCUT2D eigenvalue weighted by atomic mass is 10.0. The molecule has 0 aromatic heterocycles. The van der Waals surface area contributed by atoms with E-state index >= 15 is 0 Å². The third-order valence-corrected chi connectivity index (χ3v) is 3.45. The van der Waals surface area contributed by atoms with E-state index in [1.165, 1.54) is 11.6 Å². The van der Waals surface area contributed by atoms with E-state index in [0.717, 1.165) is 42.4 Å². The number of carboxylic acid groups (broad SMARTS) is 1. The van der Waals surface area contributed by atoms with Crippen molar-refractivity contribution < 1.29 is 14.6 Å². The van der Waals surface area contributed by atoms with E-state index in [1.54, 1.807) is 6.08 Å². The molecule has 0 spiro atoms.